The molecule has 21 heavy (non-hydrogen) atoms. The van der Waals surface area contributed by atoms with E-state index in [4.69, 9.17) is 14.4 Å². The van der Waals surface area contributed by atoms with E-state index in [0.29, 0.717) is 23.2 Å². The molecule has 0 saturated heterocycles. The molecule has 0 spiro atoms. The fourth-order valence-corrected chi connectivity index (χ4v) is 1.55. The van der Waals surface area contributed by atoms with Crippen molar-refractivity contribution in [1.29, 1.82) is 0 Å². The summed E-state index contributed by atoms with van der Waals surface area (Å²) in [6.45, 7) is 2.21. The van der Waals surface area contributed by atoms with E-state index in [0.717, 1.165) is 18.9 Å². The third kappa shape index (κ3) is 4.72. The number of aryl methyl sites for hydroxylation is 1. The maximum Gasteiger partial charge on any atom is 0.328 e. The van der Waals surface area contributed by atoms with Crippen LogP contribution in [0.2, 0.25) is 0 Å². The van der Waals surface area contributed by atoms with Gasteiger partial charge in [0.1, 0.15) is 5.75 Å². The monoisotopic (exact) mass is 289 g/mol. The molecule has 2 aromatic rings. The molecular formula is C14H15N3O4. The first kappa shape index (κ1) is 14.7. The van der Waals surface area contributed by atoms with Gasteiger partial charge >= 0.3 is 5.97 Å². The first-order valence-electron chi connectivity index (χ1n) is 6.48. The maximum absolute atomic E-state index is 10.4. The van der Waals surface area contributed by atoms with Crippen LogP contribution in [0.4, 0.5) is 0 Å². The van der Waals surface area contributed by atoms with Gasteiger partial charge in [0.15, 0.2) is 12.4 Å². The summed E-state index contributed by atoms with van der Waals surface area (Å²) in [5.41, 5.74) is 0.535. The first-order valence-corrected chi connectivity index (χ1v) is 6.48. The number of rotatable bonds is 7. The topological polar surface area (TPSA) is 98.3 Å². The van der Waals surface area contributed by atoms with Crippen molar-refractivity contribution in [2.24, 2.45) is 0 Å². The zero-order chi connectivity index (χ0) is 15.1. The van der Waals surface area contributed by atoms with Crippen LogP contribution in [0, 0.1) is 0 Å². The smallest absolute Gasteiger partial charge is 0.328 e. The van der Waals surface area contributed by atoms with Gasteiger partial charge in [0.25, 0.3) is 5.89 Å². The van der Waals surface area contributed by atoms with Crippen molar-refractivity contribution < 1.29 is 19.2 Å². The van der Waals surface area contributed by atoms with Crippen molar-refractivity contribution in [2.75, 3.05) is 0 Å². The number of aliphatic carboxylic acids is 1. The number of hydrogen-bond acceptors (Lipinski definition) is 6. The van der Waals surface area contributed by atoms with Crippen LogP contribution in [0.3, 0.4) is 0 Å². The minimum atomic E-state index is -1.02. The number of hydrogen-bond donors (Lipinski definition) is 1. The highest BCUT2D eigenvalue weighted by atomic mass is 16.5. The molecule has 0 aromatic carbocycles. The summed E-state index contributed by atoms with van der Waals surface area (Å²) in [6, 6.07) is 3.35. The molecule has 0 atom stereocenters. The maximum atomic E-state index is 10.4. The van der Waals surface area contributed by atoms with Gasteiger partial charge in [-0.05, 0) is 24.6 Å². The predicted octanol–water partition coefficient (Wildman–Crippen LogP) is 2.09. The molecule has 1 N–H and O–H groups in total. The summed E-state index contributed by atoms with van der Waals surface area (Å²) < 4.78 is 10.5. The van der Waals surface area contributed by atoms with Crippen LogP contribution in [0.15, 0.2) is 28.9 Å². The molecular weight excluding hydrogens is 274 g/mol. The van der Waals surface area contributed by atoms with E-state index in [2.05, 4.69) is 15.1 Å². The molecule has 0 fully saturated rings. The van der Waals surface area contributed by atoms with Gasteiger partial charge in [0, 0.05) is 12.5 Å². The van der Waals surface area contributed by atoms with E-state index in [1.165, 1.54) is 12.3 Å². The summed E-state index contributed by atoms with van der Waals surface area (Å²) in [5.74, 6) is 0.603. The first-order chi connectivity index (χ1) is 10.2. The molecule has 0 unspecified atom stereocenters. The van der Waals surface area contributed by atoms with Crippen LogP contribution < -0.4 is 4.74 Å². The molecule has 0 aliphatic heterocycles. The Bertz CT molecular complexity index is 619. The highest BCUT2D eigenvalue weighted by molar-refractivity contribution is 5.84. The SMILES string of the molecule is CCCc1noc(COc2ccc(C=CC(=O)O)nc2)n1. The fraction of sp³-hybridized carbons (Fsp3) is 0.286. The Morgan fingerprint density at radius 1 is 1.48 bits per heavy atom. The van der Waals surface area contributed by atoms with Gasteiger partial charge < -0.3 is 14.4 Å². The second-order valence-electron chi connectivity index (χ2n) is 4.23. The van der Waals surface area contributed by atoms with Gasteiger partial charge in [-0.25, -0.2) is 4.79 Å². The molecule has 0 saturated carbocycles. The standard InChI is InChI=1S/C14H15N3O4/c1-2-3-12-16-13(21-17-12)9-20-11-6-4-10(15-8-11)5-7-14(18)19/h4-8H,2-3,9H2,1H3,(H,18,19). The molecule has 0 aliphatic carbocycles. The number of carboxylic acid groups (broad SMARTS) is 1. The summed E-state index contributed by atoms with van der Waals surface area (Å²) in [7, 11) is 0. The highest BCUT2D eigenvalue weighted by Gasteiger charge is 2.06. The molecule has 110 valence electrons. The highest BCUT2D eigenvalue weighted by Crippen LogP contribution is 2.12. The number of nitrogens with zero attached hydrogens (tertiary/aromatic N) is 3. The Kier molecular flexibility index (Phi) is 5.03. The number of pyridine rings is 1. The Hall–Kier alpha value is -2.70. The van der Waals surface area contributed by atoms with Crippen LogP contribution in [0.25, 0.3) is 6.08 Å². The number of carbonyl (C=O) groups is 1. The lowest BCUT2D eigenvalue weighted by molar-refractivity contribution is -0.131. The van der Waals surface area contributed by atoms with Gasteiger partial charge in [-0.3, -0.25) is 4.98 Å². The average Bonchev–Trinajstić information content (AvgIpc) is 2.92. The van der Waals surface area contributed by atoms with Crippen molar-refractivity contribution in [2.45, 2.75) is 26.4 Å². The Balaban J connectivity index is 1.89. The van der Waals surface area contributed by atoms with Crippen LogP contribution in [0.1, 0.15) is 30.8 Å². The molecule has 0 radical (unpaired) electrons. The van der Waals surface area contributed by atoms with E-state index in [1.807, 2.05) is 6.92 Å². The fourth-order valence-electron chi connectivity index (χ4n) is 1.55. The molecule has 0 bridgehead atoms. The van der Waals surface area contributed by atoms with E-state index in [-0.39, 0.29) is 6.61 Å². The van der Waals surface area contributed by atoms with E-state index < -0.39 is 5.97 Å². The quantitative estimate of drug-likeness (QED) is 0.779. The molecule has 0 amide bonds. The number of ether oxygens (including phenoxy) is 1. The summed E-state index contributed by atoms with van der Waals surface area (Å²) >= 11 is 0. The Labute approximate surface area is 121 Å². The van der Waals surface area contributed by atoms with E-state index in [1.54, 1.807) is 12.1 Å². The van der Waals surface area contributed by atoms with Crippen LogP contribution in [-0.4, -0.2) is 26.2 Å². The van der Waals surface area contributed by atoms with Crippen molar-refractivity contribution in [1.82, 2.24) is 15.1 Å². The predicted molar refractivity (Wildman–Crippen MR) is 73.5 cm³/mol. The molecule has 2 aromatic heterocycles. The van der Waals surface area contributed by atoms with Gasteiger partial charge in [0.2, 0.25) is 0 Å². The zero-order valence-corrected chi connectivity index (χ0v) is 11.5. The third-order valence-electron chi connectivity index (χ3n) is 2.50. The largest absolute Gasteiger partial charge is 0.482 e. The zero-order valence-electron chi connectivity index (χ0n) is 11.5. The van der Waals surface area contributed by atoms with Gasteiger partial charge in [-0.15, -0.1) is 0 Å². The molecule has 7 heteroatoms. The number of carboxylic acids is 1. The van der Waals surface area contributed by atoms with Crippen LogP contribution in [0.5, 0.6) is 5.75 Å². The molecule has 7 nitrogen and oxygen atoms in total. The second-order valence-corrected chi connectivity index (χ2v) is 4.23. The molecule has 0 aliphatic rings. The van der Waals surface area contributed by atoms with E-state index >= 15 is 0 Å². The van der Waals surface area contributed by atoms with E-state index in [9.17, 15) is 4.79 Å². The molecule has 2 rings (SSSR count). The Morgan fingerprint density at radius 2 is 2.33 bits per heavy atom. The van der Waals surface area contributed by atoms with Gasteiger partial charge in [0.05, 0.1) is 11.9 Å². The lowest BCUT2D eigenvalue weighted by Gasteiger charge is -2.02. The summed E-state index contributed by atoms with van der Waals surface area (Å²) in [4.78, 5) is 18.6. The minimum Gasteiger partial charge on any atom is -0.482 e. The number of aromatic nitrogens is 3. The van der Waals surface area contributed by atoms with Gasteiger partial charge in [-0.1, -0.05) is 12.1 Å². The minimum absolute atomic E-state index is 0.169. The lowest BCUT2D eigenvalue weighted by atomic mass is 10.3. The van der Waals surface area contributed by atoms with Crippen molar-refractivity contribution >= 4 is 12.0 Å². The molecule has 2 heterocycles. The third-order valence-corrected chi connectivity index (χ3v) is 2.50. The van der Waals surface area contributed by atoms with Crippen molar-refractivity contribution in [3.8, 4) is 5.75 Å². The van der Waals surface area contributed by atoms with Crippen molar-refractivity contribution in [3.63, 3.8) is 0 Å². The van der Waals surface area contributed by atoms with Crippen LogP contribution >= 0.6 is 0 Å². The average molecular weight is 289 g/mol. The Morgan fingerprint density at radius 3 is 3.00 bits per heavy atom. The van der Waals surface area contributed by atoms with Gasteiger partial charge in [-0.2, -0.15) is 4.98 Å². The van der Waals surface area contributed by atoms with Crippen LogP contribution in [-0.2, 0) is 17.8 Å². The lowest BCUT2D eigenvalue weighted by Crippen LogP contribution is -1.97. The normalized spacial score (nSPS) is 10.9. The second kappa shape index (κ2) is 7.18. The summed E-state index contributed by atoms with van der Waals surface area (Å²) in [5, 5.41) is 12.3. The van der Waals surface area contributed by atoms with Crippen molar-refractivity contribution in [3.05, 3.63) is 41.8 Å². The summed E-state index contributed by atoms with van der Waals surface area (Å²) in [6.07, 6.45) is 5.66.